The molecule has 5 nitrogen and oxygen atoms in total. The molecule has 0 saturated carbocycles. The summed E-state index contributed by atoms with van der Waals surface area (Å²) < 4.78 is 1.50. The molecule has 0 saturated heterocycles. The Hall–Kier alpha value is -1.36. The number of nitrogens with zero attached hydrogens (tertiary/aromatic N) is 3. The average Bonchev–Trinajstić information content (AvgIpc) is 2.34. The van der Waals surface area contributed by atoms with Crippen LogP contribution in [0.25, 0.3) is 0 Å². The first-order valence-corrected chi connectivity index (χ1v) is 6.96. The zero-order chi connectivity index (χ0) is 14.3. The second kappa shape index (κ2) is 7.94. The van der Waals surface area contributed by atoms with Crippen LogP contribution in [0.1, 0.15) is 26.7 Å². The van der Waals surface area contributed by atoms with Crippen LogP contribution in [0.15, 0.2) is 17.1 Å². The molecular weight excluding hydrogens is 240 g/mol. The van der Waals surface area contributed by atoms with E-state index in [-0.39, 0.29) is 5.56 Å². The minimum atomic E-state index is -0.0461. The van der Waals surface area contributed by atoms with Gasteiger partial charge in [-0.25, -0.2) is 4.68 Å². The van der Waals surface area contributed by atoms with E-state index in [2.05, 4.69) is 24.3 Å². The lowest BCUT2D eigenvalue weighted by atomic mass is 10.1. The minimum Gasteiger partial charge on any atom is -0.376 e. The number of rotatable bonds is 8. The summed E-state index contributed by atoms with van der Waals surface area (Å²) in [6.45, 7) is 6.87. The molecule has 0 aliphatic rings. The van der Waals surface area contributed by atoms with Gasteiger partial charge < -0.3 is 10.2 Å². The van der Waals surface area contributed by atoms with Crippen LogP contribution in [0, 0.1) is 5.92 Å². The van der Waals surface area contributed by atoms with E-state index in [9.17, 15) is 4.79 Å². The molecular formula is C14H26N4O. The maximum absolute atomic E-state index is 11.8. The molecule has 5 heteroatoms. The fraction of sp³-hybridized carbons (Fsp3) is 0.714. The maximum atomic E-state index is 11.8. The van der Waals surface area contributed by atoms with Gasteiger partial charge in [-0.15, -0.1) is 0 Å². The third kappa shape index (κ3) is 5.87. The van der Waals surface area contributed by atoms with Crippen molar-refractivity contribution in [2.75, 3.05) is 32.1 Å². The first-order chi connectivity index (χ1) is 9.00. The van der Waals surface area contributed by atoms with Crippen LogP contribution in [0.4, 0.5) is 5.69 Å². The maximum Gasteiger partial charge on any atom is 0.268 e. The Morgan fingerprint density at radius 3 is 2.68 bits per heavy atom. The van der Waals surface area contributed by atoms with E-state index in [1.807, 2.05) is 19.0 Å². The Kier molecular flexibility index (Phi) is 6.56. The van der Waals surface area contributed by atoms with Crippen LogP contribution >= 0.6 is 0 Å². The third-order valence-corrected chi connectivity index (χ3v) is 3.01. The fourth-order valence-electron chi connectivity index (χ4n) is 1.78. The van der Waals surface area contributed by atoms with Gasteiger partial charge in [0.15, 0.2) is 0 Å². The van der Waals surface area contributed by atoms with Gasteiger partial charge in [0.2, 0.25) is 0 Å². The standard InChI is InChI=1S/C14H26N4O/c1-12(2)6-5-7-15-8-9-18-14(19)10-13(11-16-18)17(3)4/h10-12,15H,5-9H2,1-4H3. The van der Waals surface area contributed by atoms with Gasteiger partial charge in [-0.3, -0.25) is 4.79 Å². The monoisotopic (exact) mass is 266 g/mol. The number of aromatic nitrogens is 2. The van der Waals surface area contributed by atoms with Crippen molar-refractivity contribution < 1.29 is 0 Å². The zero-order valence-electron chi connectivity index (χ0n) is 12.5. The predicted molar refractivity (Wildman–Crippen MR) is 79.8 cm³/mol. The van der Waals surface area contributed by atoms with E-state index in [1.54, 1.807) is 12.3 Å². The van der Waals surface area contributed by atoms with Gasteiger partial charge >= 0.3 is 0 Å². The summed E-state index contributed by atoms with van der Waals surface area (Å²) in [5, 5.41) is 7.51. The van der Waals surface area contributed by atoms with E-state index in [4.69, 9.17) is 0 Å². The van der Waals surface area contributed by atoms with Gasteiger partial charge in [-0.1, -0.05) is 13.8 Å². The molecule has 0 bridgehead atoms. The average molecular weight is 266 g/mol. The molecule has 1 N–H and O–H groups in total. The van der Waals surface area contributed by atoms with Gasteiger partial charge in [0, 0.05) is 26.7 Å². The highest BCUT2D eigenvalue weighted by molar-refractivity contribution is 5.40. The quantitative estimate of drug-likeness (QED) is 0.721. The molecule has 0 aliphatic carbocycles. The number of anilines is 1. The van der Waals surface area contributed by atoms with E-state index in [0.29, 0.717) is 6.54 Å². The van der Waals surface area contributed by atoms with Crippen LogP contribution < -0.4 is 15.8 Å². The normalized spacial score (nSPS) is 11.0. The molecule has 1 aromatic rings. The highest BCUT2D eigenvalue weighted by Gasteiger charge is 2.01. The molecule has 108 valence electrons. The first kappa shape index (κ1) is 15.7. The zero-order valence-corrected chi connectivity index (χ0v) is 12.5. The highest BCUT2D eigenvalue weighted by Crippen LogP contribution is 2.03. The van der Waals surface area contributed by atoms with E-state index in [0.717, 1.165) is 24.7 Å². The van der Waals surface area contributed by atoms with Gasteiger partial charge in [-0.05, 0) is 25.3 Å². The van der Waals surface area contributed by atoms with E-state index in [1.165, 1.54) is 17.5 Å². The van der Waals surface area contributed by atoms with Crippen molar-refractivity contribution in [3.63, 3.8) is 0 Å². The van der Waals surface area contributed by atoms with Crippen molar-refractivity contribution >= 4 is 5.69 Å². The van der Waals surface area contributed by atoms with Crippen molar-refractivity contribution in [2.45, 2.75) is 33.2 Å². The van der Waals surface area contributed by atoms with Crippen molar-refractivity contribution in [1.29, 1.82) is 0 Å². The lowest BCUT2D eigenvalue weighted by Gasteiger charge is -2.12. The highest BCUT2D eigenvalue weighted by atomic mass is 16.1. The summed E-state index contributed by atoms with van der Waals surface area (Å²) in [5.41, 5.74) is 0.793. The topological polar surface area (TPSA) is 50.2 Å². The lowest BCUT2D eigenvalue weighted by Crippen LogP contribution is -2.29. The summed E-state index contributed by atoms with van der Waals surface area (Å²) >= 11 is 0. The van der Waals surface area contributed by atoms with Gasteiger partial charge in [0.05, 0.1) is 18.4 Å². The SMILES string of the molecule is CC(C)CCCNCCn1ncc(N(C)C)cc1=O. The summed E-state index contributed by atoms with van der Waals surface area (Å²) in [5.74, 6) is 0.754. The molecule has 0 unspecified atom stereocenters. The third-order valence-electron chi connectivity index (χ3n) is 3.01. The molecule has 0 aromatic carbocycles. The van der Waals surface area contributed by atoms with Crippen LogP contribution in [0.5, 0.6) is 0 Å². The molecule has 0 amide bonds. The molecule has 1 heterocycles. The Morgan fingerprint density at radius 2 is 2.11 bits per heavy atom. The van der Waals surface area contributed by atoms with Crippen molar-refractivity contribution in [3.05, 3.63) is 22.6 Å². The van der Waals surface area contributed by atoms with Gasteiger partial charge in [-0.2, -0.15) is 5.10 Å². The number of hydrogen-bond donors (Lipinski definition) is 1. The van der Waals surface area contributed by atoms with Crippen molar-refractivity contribution in [3.8, 4) is 0 Å². The predicted octanol–water partition coefficient (Wildman–Crippen LogP) is 1.34. The minimum absolute atomic E-state index is 0.0461. The van der Waals surface area contributed by atoms with Gasteiger partial charge in [0.25, 0.3) is 5.56 Å². The van der Waals surface area contributed by atoms with E-state index < -0.39 is 0 Å². The summed E-state index contributed by atoms with van der Waals surface area (Å²) in [4.78, 5) is 13.7. The van der Waals surface area contributed by atoms with Crippen LogP contribution in [0.2, 0.25) is 0 Å². The number of hydrogen-bond acceptors (Lipinski definition) is 4. The number of nitrogens with one attached hydrogen (secondary N) is 1. The smallest absolute Gasteiger partial charge is 0.268 e. The van der Waals surface area contributed by atoms with Crippen LogP contribution in [0.3, 0.4) is 0 Å². The summed E-state index contributed by atoms with van der Waals surface area (Å²) in [6, 6.07) is 1.62. The fourth-order valence-corrected chi connectivity index (χ4v) is 1.78. The second-order valence-corrected chi connectivity index (χ2v) is 5.46. The van der Waals surface area contributed by atoms with Gasteiger partial charge in [0.1, 0.15) is 0 Å². The summed E-state index contributed by atoms with van der Waals surface area (Å²) in [6.07, 6.45) is 4.14. The first-order valence-electron chi connectivity index (χ1n) is 6.96. The molecule has 0 atom stereocenters. The molecule has 1 aromatic heterocycles. The molecule has 0 spiro atoms. The Bertz CT molecular complexity index is 426. The molecule has 0 aliphatic heterocycles. The van der Waals surface area contributed by atoms with Crippen LogP contribution in [-0.4, -0.2) is 37.0 Å². The van der Waals surface area contributed by atoms with Crippen LogP contribution in [-0.2, 0) is 6.54 Å². The Morgan fingerprint density at radius 1 is 1.37 bits per heavy atom. The lowest BCUT2D eigenvalue weighted by molar-refractivity contribution is 0.496. The van der Waals surface area contributed by atoms with Crippen molar-refractivity contribution in [1.82, 2.24) is 15.1 Å². The molecule has 19 heavy (non-hydrogen) atoms. The Balaban J connectivity index is 2.32. The second-order valence-electron chi connectivity index (χ2n) is 5.46. The molecule has 0 radical (unpaired) electrons. The molecule has 1 rings (SSSR count). The van der Waals surface area contributed by atoms with Crippen molar-refractivity contribution in [2.24, 2.45) is 5.92 Å². The van der Waals surface area contributed by atoms with E-state index >= 15 is 0 Å². The summed E-state index contributed by atoms with van der Waals surface area (Å²) in [7, 11) is 3.80. The Labute approximate surface area is 115 Å². The largest absolute Gasteiger partial charge is 0.376 e. The molecule has 0 fully saturated rings.